The first kappa shape index (κ1) is 15.7. The molecule has 0 atom stereocenters. The first-order valence-electron chi connectivity index (χ1n) is 7.66. The van der Waals surface area contributed by atoms with E-state index in [1.54, 1.807) is 18.2 Å². The third kappa shape index (κ3) is 3.78. The van der Waals surface area contributed by atoms with Gasteiger partial charge in [0.2, 0.25) is 11.7 Å². The van der Waals surface area contributed by atoms with Crippen LogP contribution >= 0.6 is 0 Å². The molecule has 24 heavy (non-hydrogen) atoms. The molecule has 0 bridgehead atoms. The highest BCUT2D eigenvalue weighted by atomic mass is 16.5. The van der Waals surface area contributed by atoms with Crippen molar-refractivity contribution in [2.24, 2.45) is 0 Å². The lowest BCUT2D eigenvalue weighted by atomic mass is 10.2. The number of anilines is 1. The van der Waals surface area contributed by atoms with E-state index in [1.807, 2.05) is 43.3 Å². The molecule has 3 aromatic rings. The first-order valence-corrected chi connectivity index (χ1v) is 7.66. The van der Waals surface area contributed by atoms with Crippen molar-refractivity contribution in [1.29, 1.82) is 0 Å². The average Bonchev–Trinajstić information content (AvgIpc) is 3.09. The second-order valence-electron chi connectivity index (χ2n) is 5.06. The fourth-order valence-electron chi connectivity index (χ4n) is 2.13. The lowest BCUT2D eigenvalue weighted by molar-refractivity contribution is 0.102. The zero-order chi connectivity index (χ0) is 16.8. The molecule has 0 aliphatic carbocycles. The van der Waals surface area contributed by atoms with E-state index in [0.717, 1.165) is 5.69 Å². The maximum atomic E-state index is 12.5. The molecule has 3 rings (SSSR count). The maximum Gasteiger partial charge on any atom is 0.259 e. The van der Waals surface area contributed by atoms with Crippen LogP contribution in [0.25, 0.3) is 0 Å². The lowest BCUT2D eigenvalue weighted by Gasteiger charge is -2.10. The molecule has 0 unspecified atom stereocenters. The number of aryl methyl sites for hydroxylation is 1. The predicted octanol–water partition coefficient (Wildman–Crippen LogP) is 3.46. The number of rotatable bonds is 6. The predicted molar refractivity (Wildman–Crippen MR) is 88.8 cm³/mol. The van der Waals surface area contributed by atoms with Crippen LogP contribution in [0.15, 0.2) is 59.1 Å². The summed E-state index contributed by atoms with van der Waals surface area (Å²) in [6, 6.07) is 16.3. The summed E-state index contributed by atoms with van der Waals surface area (Å²) in [6.07, 6.45) is 0.670. The fraction of sp³-hybridized carbons (Fsp3) is 0.167. The van der Waals surface area contributed by atoms with Gasteiger partial charge in [0.15, 0.2) is 6.61 Å². The number of para-hydroxylation sites is 2. The van der Waals surface area contributed by atoms with E-state index in [-0.39, 0.29) is 12.5 Å². The summed E-state index contributed by atoms with van der Waals surface area (Å²) in [6.45, 7) is 2.07. The van der Waals surface area contributed by atoms with Crippen LogP contribution in [0, 0.1) is 0 Å². The Morgan fingerprint density at radius 2 is 1.88 bits per heavy atom. The van der Waals surface area contributed by atoms with E-state index in [2.05, 4.69) is 15.5 Å². The minimum Gasteiger partial charge on any atom is -0.485 e. The summed E-state index contributed by atoms with van der Waals surface area (Å²) in [5.41, 5.74) is 1.17. The van der Waals surface area contributed by atoms with Crippen LogP contribution in [0.4, 0.5) is 5.69 Å². The van der Waals surface area contributed by atoms with Crippen molar-refractivity contribution in [1.82, 2.24) is 10.1 Å². The van der Waals surface area contributed by atoms with Gasteiger partial charge in [-0.15, -0.1) is 0 Å². The monoisotopic (exact) mass is 323 g/mol. The fourth-order valence-corrected chi connectivity index (χ4v) is 2.13. The topological polar surface area (TPSA) is 77.2 Å². The molecule has 2 aromatic carbocycles. The molecule has 0 radical (unpaired) electrons. The smallest absolute Gasteiger partial charge is 0.259 e. The van der Waals surface area contributed by atoms with Gasteiger partial charge in [0.1, 0.15) is 5.75 Å². The molecule has 6 heteroatoms. The number of benzene rings is 2. The molecule has 122 valence electrons. The van der Waals surface area contributed by atoms with Crippen LogP contribution in [0.5, 0.6) is 5.75 Å². The quantitative estimate of drug-likeness (QED) is 0.751. The van der Waals surface area contributed by atoms with Gasteiger partial charge in [-0.3, -0.25) is 4.79 Å². The normalized spacial score (nSPS) is 10.4. The van der Waals surface area contributed by atoms with Gasteiger partial charge in [0, 0.05) is 12.1 Å². The summed E-state index contributed by atoms with van der Waals surface area (Å²) < 4.78 is 10.7. The van der Waals surface area contributed by atoms with Crippen LogP contribution in [-0.2, 0) is 13.0 Å². The Bertz CT molecular complexity index is 815. The summed E-state index contributed by atoms with van der Waals surface area (Å²) in [5, 5.41) is 6.67. The van der Waals surface area contributed by atoms with Crippen LogP contribution < -0.4 is 10.1 Å². The average molecular weight is 323 g/mol. The zero-order valence-corrected chi connectivity index (χ0v) is 13.2. The lowest BCUT2D eigenvalue weighted by Crippen LogP contribution is -2.13. The second kappa shape index (κ2) is 7.41. The molecule has 1 N–H and O–H groups in total. The maximum absolute atomic E-state index is 12.5. The highest BCUT2D eigenvalue weighted by molar-refractivity contribution is 6.06. The standard InChI is InChI=1S/C18H17N3O3/c1-2-17-20-16(21-24-17)12-23-15-11-7-6-10-14(15)18(22)19-13-8-4-3-5-9-13/h3-11H,2,12H2,1H3,(H,19,22). The van der Waals surface area contributed by atoms with Crippen LogP contribution in [0.1, 0.15) is 29.0 Å². The number of aromatic nitrogens is 2. The number of nitrogens with zero attached hydrogens (tertiary/aromatic N) is 2. The van der Waals surface area contributed by atoms with Crippen molar-refractivity contribution < 1.29 is 14.1 Å². The minimum absolute atomic E-state index is 0.138. The highest BCUT2D eigenvalue weighted by Gasteiger charge is 2.13. The number of amides is 1. The van der Waals surface area contributed by atoms with Gasteiger partial charge in [0.25, 0.3) is 5.91 Å². The van der Waals surface area contributed by atoms with Crippen molar-refractivity contribution >= 4 is 11.6 Å². The molecule has 1 aromatic heterocycles. The molecule has 1 heterocycles. The van der Waals surface area contributed by atoms with Crippen LogP contribution in [-0.4, -0.2) is 16.0 Å². The van der Waals surface area contributed by atoms with E-state index in [1.165, 1.54) is 0 Å². The van der Waals surface area contributed by atoms with Gasteiger partial charge in [-0.2, -0.15) is 4.98 Å². The van der Waals surface area contributed by atoms with E-state index in [4.69, 9.17) is 9.26 Å². The van der Waals surface area contributed by atoms with E-state index in [0.29, 0.717) is 29.4 Å². The van der Waals surface area contributed by atoms with Gasteiger partial charge < -0.3 is 14.6 Å². The van der Waals surface area contributed by atoms with Crippen molar-refractivity contribution in [3.63, 3.8) is 0 Å². The van der Waals surface area contributed by atoms with Crippen molar-refractivity contribution in [2.75, 3.05) is 5.32 Å². The van der Waals surface area contributed by atoms with Gasteiger partial charge in [0.05, 0.1) is 5.56 Å². The largest absolute Gasteiger partial charge is 0.485 e. The van der Waals surface area contributed by atoms with E-state index in [9.17, 15) is 4.79 Å². The molecule has 1 amide bonds. The van der Waals surface area contributed by atoms with Crippen LogP contribution in [0.2, 0.25) is 0 Å². The zero-order valence-electron chi connectivity index (χ0n) is 13.2. The van der Waals surface area contributed by atoms with Crippen molar-refractivity contribution in [3.8, 4) is 5.75 Å². The highest BCUT2D eigenvalue weighted by Crippen LogP contribution is 2.20. The Morgan fingerprint density at radius 3 is 2.62 bits per heavy atom. The van der Waals surface area contributed by atoms with E-state index >= 15 is 0 Å². The summed E-state index contributed by atoms with van der Waals surface area (Å²) in [7, 11) is 0. The van der Waals surface area contributed by atoms with Gasteiger partial charge in [-0.25, -0.2) is 0 Å². The Hall–Kier alpha value is -3.15. The molecule has 0 saturated heterocycles. The first-order chi connectivity index (χ1) is 11.8. The van der Waals surface area contributed by atoms with Crippen molar-refractivity contribution in [2.45, 2.75) is 20.0 Å². The third-order valence-corrected chi connectivity index (χ3v) is 3.33. The number of nitrogens with one attached hydrogen (secondary N) is 1. The third-order valence-electron chi connectivity index (χ3n) is 3.33. The van der Waals surface area contributed by atoms with Gasteiger partial charge in [-0.05, 0) is 24.3 Å². The summed E-state index contributed by atoms with van der Waals surface area (Å²) >= 11 is 0. The Balaban J connectivity index is 1.71. The van der Waals surface area contributed by atoms with Gasteiger partial charge in [-0.1, -0.05) is 42.4 Å². The molecule has 0 aliphatic heterocycles. The number of carbonyl (C=O) groups is 1. The van der Waals surface area contributed by atoms with Crippen molar-refractivity contribution in [3.05, 3.63) is 71.9 Å². The molecule has 0 fully saturated rings. The summed E-state index contributed by atoms with van der Waals surface area (Å²) in [4.78, 5) is 16.6. The number of hydrogen-bond acceptors (Lipinski definition) is 5. The minimum atomic E-state index is -0.237. The number of carbonyl (C=O) groups excluding carboxylic acids is 1. The van der Waals surface area contributed by atoms with Gasteiger partial charge >= 0.3 is 0 Å². The Kier molecular flexibility index (Phi) is 4.86. The Morgan fingerprint density at radius 1 is 1.12 bits per heavy atom. The Labute approximate surface area is 139 Å². The van der Waals surface area contributed by atoms with E-state index < -0.39 is 0 Å². The second-order valence-corrected chi connectivity index (χ2v) is 5.06. The number of hydrogen-bond donors (Lipinski definition) is 1. The number of ether oxygens (including phenoxy) is 1. The molecule has 0 saturated carbocycles. The molecular weight excluding hydrogens is 306 g/mol. The molecular formula is C18H17N3O3. The molecule has 0 aliphatic rings. The summed E-state index contributed by atoms with van der Waals surface area (Å²) in [5.74, 6) is 1.24. The molecule has 6 nitrogen and oxygen atoms in total. The molecule has 0 spiro atoms. The SMILES string of the molecule is CCc1nc(COc2ccccc2C(=O)Nc2ccccc2)no1. The van der Waals surface area contributed by atoms with Crippen LogP contribution in [0.3, 0.4) is 0 Å².